The highest BCUT2D eigenvalue weighted by Gasteiger charge is 2.35. The largest absolute Gasteiger partial charge is 0.309 e. The molecule has 70 heavy (non-hydrogen) atoms. The van der Waals surface area contributed by atoms with Crippen molar-refractivity contribution in [3.63, 3.8) is 0 Å². The summed E-state index contributed by atoms with van der Waals surface area (Å²) in [6.45, 7) is 4.72. The van der Waals surface area contributed by atoms with Crippen LogP contribution >= 0.6 is 0 Å². The molecule has 1 aliphatic carbocycles. The number of hydrogen-bond acceptors (Lipinski definition) is 3. The maximum Gasteiger partial charge on any atom is 0.164 e. The molecule has 0 aliphatic heterocycles. The molecule has 0 saturated carbocycles. The van der Waals surface area contributed by atoms with Crippen LogP contribution in [-0.2, 0) is 5.41 Å². The van der Waals surface area contributed by atoms with E-state index in [0.717, 1.165) is 44.6 Å². The van der Waals surface area contributed by atoms with Crippen molar-refractivity contribution >= 4 is 21.8 Å². The molecule has 0 saturated heterocycles. The van der Waals surface area contributed by atoms with Crippen molar-refractivity contribution in [3.05, 3.63) is 254 Å². The summed E-state index contributed by atoms with van der Waals surface area (Å²) in [7, 11) is 0. The van der Waals surface area contributed by atoms with E-state index in [1.807, 2.05) is 24.3 Å². The van der Waals surface area contributed by atoms with Crippen LogP contribution in [0.3, 0.4) is 0 Å². The van der Waals surface area contributed by atoms with E-state index >= 15 is 0 Å². The molecule has 2 heterocycles. The zero-order chi connectivity index (χ0) is 46.8. The molecule has 0 unspecified atom stereocenters. The zero-order valence-electron chi connectivity index (χ0n) is 38.9. The molecule has 0 amide bonds. The smallest absolute Gasteiger partial charge is 0.164 e. The van der Waals surface area contributed by atoms with Crippen molar-refractivity contribution in [1.82, 2.24) is 19.5 Å². The van der Waals surface area contributed by atoms with Crippen molar-refractivity contribution in [1.29, 1.82) is 0 Å². The second-order valence-corrected chi connectivity index (χ2v) is 18.8. The Labute approximate surface area is 407 Å². The summed E-state index contributed by atoms with van der Waals surface area (Å²) in [6, 6.07) is 87.1. The minimum atomic E-state index is -0.141. The molecule has 4 nitrogen and oxygen atoms in total. The average molecular weight is 895 g/mol. The van der Waals surface area contributed by atoms with Crippen LogP contribution in [0.1, 0.15) is 25.0 Å². The predicted octanol–water partition coefficient (Wildman–Crippen LogP) is 16.9. The molecule has 0 radical (unpaired) electrons. The fraction of sp³-hybridized carbons (Fsp3) is 0.0455. The lowest BCUT2D eigenvalue weighted by Crippen LogP contribution is -2.15. The Bertz CT molecular complexity index is 3910. The van der Waals surface area contributed by atoms with Crippen LogP contribution in [0.25, 0.3) is 117 Å². The van der Waals surface area contributed by atoms with Crippen LogP contribution in [0.15, 0.2) is 243 Å². The van der Waals surface area contributed by atoms with E-state index in [2.05, 4.69) is 237 Å². The van der Waals surface area contributed by atoms with Crippen LogP contribution in [0.4, 0.5) is 0 Å². The summed E-state index contributed by atoms with van der Waals surface area (Å²) in [5, 5.41) is 2.44. The molecular weight excluding hydrogens is 849 g/mol. The third kappa shape index (κ3) is 7.03. The van der Waals surface area contributed by atoms with E-state index in [0.29, 0.717) is 17.5 Å². The quantitative estimate of drug-likeness (QED) is 0.153. The molecule has 1 aliphatic rings. The first-order valence-corrected chi connectivity index (χ1v) is 24.0. The van der Waals surface area contributed by atoms with Gasteiger partial charge in [-0.25, -0.2) is 15.0 Å². The lowest BCUT2D eigenvalue weighted by atomic mass is 9.82. The van der Waals surface area contributed by atoms with Crippen LogP contribution < -0.4 is 0 Å². The summed E-state index contributed by atoms with van der Waals surface area (Å²) in [6.07, 6.45) is 0. The first-order chi connectivity index (χ1) is 34.4. The highest BCUT2D eigenvalue weighted by molar-refractivity contribution is 6.18. The molecule has 12 aromatic rings. The Morgan fingerprint density at radius 3 is 1.34 bits per heavy atom. The predicted molar refractivity (Wildman–Crippen MR) is 290 cm³/mol. The fourth-order valence-electron chi connectivity index (χ4n) is 10.7. The monoisotopic (exact) mass is 894 g/mol. The van der Waals surface area contributed by atoms with Gasteiger partial charge in [-0.1, -0.05) is 220 Å². The Morgan fingerprint density at radius 1 is 0.300 bits per heavy atom. The van der Waals surface area contributed by atoms with Crippen molar-refractivity contribution in [2.75, 3.05) is 0 Å². The van der Waals surface area contributed by atoms with Gasteiger partial charge in [0, 0.05) is 38.6 Å². The van der Waals surface area contributed by atoms with Crippen LogP contribution in [0.5, 0.6) is 0 Å². The maximum absolute atomic E-state index is 5.12. The van der Waals surface area contributed by atoms with Gasteiger partial charge in [0.1, 0.15) is 0 Å². The third-order valence-corrected chi connectivity index (χ3v) is 14.3. The normalized spacial score (nSPS) is 12.5. The summed E-state index contributed by atoms with van der Waals surface area (Å²) in [4.78, 5) is 15.2. The van der Waals surface area contributed by atoms with Gasteiger partial charge in [0.25, 0.3) is 0 Å². The van der Waals surface area contributed by atoms with Crippen molar-refractivity contribution in [2.24, 2.45) is 0 Å². The van der Waals surface area contributed by atoms with Gasteiger partial charge in [0.2, 0.25) is 0 Å². The number of hydrogen-bond donors (Lipinski definition) is 0. The second-order valence-electron chi connectivity index (χ2n) is 18.8. The fourth-order valence-corrected chi connectivity index (χ4v) is 10.7. The zero-order valence-corrected chi connectivity index (χ0v) is 38.9. The number of fused-ring (bicyclic) bond motifs is 6. The van der Waals surface area contributed by atoms with Crippen molar-refractivity contribution in [2.45, 2.75) is 19.3 Å². The molecule has 0 fully saturated rings. The minimum absolute atomic E-state index is 0.141. The molecule has 330 valence electrons. The molecule has 0 N–H and O–H groups in total. The van der Waals surface area contributed by atoms with Gasteiger partial charge in [-0.2, -0.15) is 0 Å². The van der Waals surface area contributed by atoms with Gasteiger partial charge in [-0.15, -0.1) is 0 Å². The van der Waals surface area contributed by atoms with Crippen LogP contribution in [0.2, 0.25) is 0 Å². The highest BCUT2D eigenvalue weighted by atomic mass is 15.0. The Hall–Kier alpha value is -8.99. The van der Waals surface area contributed by atoms with E-state index in [9.17, 15) is 0 Å². The average Bonchev–Trinajstić information content (AvgIpc) is 3.88. The lowest BCUT2D eigenvalue weighted by Gasteiger charge is -2.22. The molecule has 2 aromatic heterocycles. The molecular formula is C66H46N4. The van der Waals surface area contributed by atoms with Gasteiger partial charge in [-0.05, 0) is 103 Å². The number of benzene rings is 10. The SMILES string of the molecule is CC1(C)c2ccccc2-c2ccc(-n3c4ccc(-c5ccccc5)cc4c4c(-c5ccccc5)cc(-c5ccc(-c6nc(-c7ccccc7)nc(-c7ccc(-c8ccccc8)cc7)n6)cc5)cc43)cc21. The van der Waals surface area contributed by atoms with E-state index in [-0.39, 0.29) is 5.41 Å². The Morgan fingerprint density at radius 2 is 0.743 bits per heavy atom. The van der Waals surface area contributed by atoms with Crippen molar-refractivity contribution in [3.8, 4) is 95.5 Å². The summed E-state index contributed by atoms with van der Waals surface area (Å²) in [5.41, 5.74) is 20.7. The van der Waals surface area contributed by atoms with E-state index < -0.39 is 0 Å². The number of rotatable bonds is 8. The number of nitrogens with zero attached hydrogens (tertiary/aromatic N) is 4. The summed E-state index contributed by atoms with van der Waals surface area (Å²) in [5.74, 6) is 1.89. The molecule has 4 heteroatoms. The van der Waals surface area contributed by atoms with Crippen LogP contribution in [0, 0.1) is 0 Å². The first kappa shape index (κ1) is 41.2. The van der Waals surface area contributed by atoms with Gasteiger partial charge < -0.3 is 4.57 Å². The molecule has 0 bridgehead atoms. The maximum atomic E-state index is 5.12. The molecule has 13 rings (SSSR count). The highest BCUT2D eigenvalue weighted by Crippen LogP contribution is 2.50. The molecule has 0 atom stereocenters. The first-order valence-electron chi connectivity index (χ1n) is 24.0. The van der Waals surface area contributed by atoms with Gasteiger partial charge in [-0.3, -0.25) is 0 Å². The third-order valence-electron chi connectivity index (χ3n) is 14.3. The Balaban J connectivity index is 0.978. The van der Waals surface area contributed by atoms with Gasteiger partial charge >= 0.3 is 0 Å². The van der Waals surface area contributed by atoms with Gasteiger partial charge in [0.15, 0.2) is 17.5 Å². The van der Waals surface area contributed by atoms with Gasteiger partial charge in [0.05, 0.1) is 11.0 Å². The van der Waals surface area contributed by atoms with Crippen molar-refractivity contribution < 1.29 is 0 Å². The van der Waals surface area contributed by atoms with Crippen LogP contribution in [-0.4, -0.2) is 19.5 Å². The van der Waals surface area contributed by atoms with E-state index in [1.54, 1.807) is 0 Å². The Kier molecular flexibility index (Phi) is 9.81. The summed E-state index contributed by atoms with van der Waals surface area (Å²) >= 11 is 0. The second kappa shape index (κ2) is 16.7. The standard InChI is InChI=1S/C66H46N4/c1-66(2)58-26-16-15-25-54(58)55-37-36-53(42-59(55)66)70-60-38-35-51(44-19-9-4-10-20-44)39-57(60)62-56(47-21-11-5-12-22-47)40-52(41-61(62)70)46-29-33-50(34-30-46)65-68-63(48-23-13-6-14-24-48)67-64(69-65)49-31-27-45(28-32-49)43-17-7-3-8-18-43/h3-42H,1-2H3. The topological polar surface area (TPSA) is 43.6 Å². The van der Waals surface area contributed by atoms with E-state index in [1.165, 1.54) is 66.4 Å². The summed E-state index contributed by atoms with van der Waals surface area (Å²) < 4.78 is 2.49. The molecule has 10 aromatic carbocycles. The lowest BCUT2D eigenvalue weighted by molar-refractivity contribution is 0.660. The minimum Gasteiger partial charge on any atom is -0.309 e. The molecule has 0 spiro atoms. The van der Waals surface area contributed by atoms with E-state index in [4.69, 9.17) is 15.0 Å². The number of aromatic nitrogens is 4.